The first-order valence-electron chi connectivity index (χ1n) is 6.22. The highest BCUT2D eigenvalue weighted by atomic mass is 16.5. The maximum atomic E-state index is 11.7. The summed E-state index contributed by atoms with van der Waals surface area (Å²) in [7, 11) is 1.56. The molecule has 0 fully saturated rings. The van der Waals surface area contributed by atoms with Crippen LogP contribution in [-0.2, 0) is 11.3 Å². The van der Waals surface area contributed by atoms with Gasteiger partial charge in [-0.1, -0.05) is 11.3 Å². The Bertz CT molecular complexity index is 609. The zero-order valence-corrected chi connectivity index (χ0v) is 11.7. The molecule has 2 heterocycles. The number of ether oxygens (including phenoxy) is 2. The molecule has 0 bridgehead atoms. The highest BCUT2D eigenvalue weighted by molar-refractivity contribution is 5.88. The van der Waals surface area contributed by atoms with Gasteiger partial charge in [0.25, 0.3) is 0 Å². The molecule has 0 unspecified atom stereocenters. The average Bonchev–Trinajstić information content (AvgIpc) is 2.81. The van der Waals surface area contributed by atoms with Crippen molar-refractivity contribution >= 4 is 5.97 Å². The SMILES string of the molecule is CCOC(=O)c1nnn(Cc2cccc(OC)n2)c1C. The fraction of sp³-hybridized carbons (Fsp3) is 0.385. The number of nitrogens with zero attached hydrogens (tertiary/aromatic N) is 4. The van der Waals surface area contributed by atoms with Crippen LogP contribution in [0.3, 0.4) is 0 Å². The summed E-state index contributed by atoms with van der Waals surface area (Å²) in [4.78, 5) is 15.9. The van der Waals surface area contributed by atoms with Crippen LogP contribution in [0.2, 0.25) is 0 Å². The van der Waals surface area contributed by atoms with E-state index in [2.05, 4.69) is 15.3 Å². The minimum absolute atomic E-state index is 0.231. The van der Waals surface area contributed by atoms with Gasteiger partial charge in [0.1, 0.15) is 0 Å². The quantitative estimate of drug-likeness (QED) is 0.764. The largest absolute Gasteiger partial charge is 0.481 e. The lowest BCUT2D eigenvalue weighted by atomic mass is 10.3. The fourth-order valence-electron chi connectivity index (χ4n) is 1.71. The Labute approximate surface area is 116 Å². The lowest BCUT2D eigenvalue weighted by molar-refractivity contribution is 0.0518. The lowest BCUT2D eigenvalue weighted by Crippen LogP contribution is -2.09. The number of rotatable bonds is 5. The number of carbonyl (C=O) groups excluding carboxylic acids is 1. The third kappa shape index (κ3) is 2.93. The number of hydrogen-bond donors (Lipinski definition) is 0. The lowest BCUT2D eigenvalue weighted by Gasteiger charge is -2.05. The summed E-state index contributed by atoms with van der Waals surface area (Å²) in [5, 5.41) is 7.81. The Balaban J connectivity index is 2.19. The smallest absolute Gasteiger partial charge is 0.360 e. The fourth-order valence-corrected chi connectivity index (χ4v) is 1.71. The monoisotopic (exact) mass is 276 g/mol. The predicted molar refractivity (Wildman–Crippen MR) is 70.6 cm³/mol. The number of hydrogen-bond acceptors (Lipinski definition) is 6. The van der Waals surface area contributed by atoms with Crippen molar-refractivity contribution < 1.29 is 14.3 Å². The van der Waals surface area contributed by atoms with Crippen LogP contribution in [0.25, 0.3) is 0 Å². The van der Waals surface area contributed by atoms with Gasteiger partial charge >= 0.3 is 5.97 Å². The summed E-state index contributed by atoms with van der Waals surface area (Å²) in [6.07, 6.45) is 0. The minimum atomic E-state index is -0.463. The molecule has 0 saturated heterocycles. The van der Waals surface area contributed by atoms with E-state index in [4.69, 9.17) is 9.47 Å². The molecule has 2 aromatic rings. The molecule has 0 aliphatic heterocycles. The maximum Gasteiger partial charge on any atom is 0.360 e. The Morgan fingerprint density at radius 2 is 2.20 bits per heavy atom. The molecule has 0 spiro atoms. The van der Waals surface area contributed by atoms with Crippen molar-refractivity contribution in [2.75, 3.05) is 13.7 Å². The predicted octanol–water partition coefficient (Wildman–Crippen LogP) is 1.22. The Kier molecular flexibility index (Phi) is 4.29. The van der Waals surface area contributed by atoms with Crippen molar-refractivity contribution in [3.63, 3.8) is 0 Å². The molecule has 106 valence electrons. The highest BCUT2D eigenvalue weighted by Gasteiger charge is 2.17. The molecular weight excluding hydrogens is 260 g/mol. The van der Waals surface area contributed by atoms with Gasteiger partial charge in [-0.2, -0.15) is 0 Å². The van der Waals surface area contributed by atoms with Crippen LogP contribution in [0.5, 0.6) is 5.88 Å². The number of pyridine rings is 1. The van der Waals surface area contributed by atoms with E-state index in [0.29, 0.717) is 24.7 Å². The van der Waals surface area contributed by atoms with E-state index in [0.717, 1.165) is 5.69 Å². The number of methoxy groups -OCH3 is 1. The summed E-state index contributed by atoms with van der Waals surface area (Å²) in [6, 6.07) is 5.47. The van der Waals surface area contributed by atoms with Crippen molar-refractivity contribution in [3.05, 3.63) is 35.3 Å². The minimum Gasteiger partial charge on any atom is -0.481 e. The molecule has 0 saturated carbocycles. The number of aromatic nitrogens is 4. The zero-order chi connectivity index (χ0) is 14.5. The first-order valence-corrected chi connectivity index (χ1v) is 6.22. The van der Waals surface area contributed by atoms with Crippen molar-refractivity contribution in [1.82, 2.24) is 20.0 Å². The molecule has 0 atom stereocenters. The van der Waals surface area contributed by atoms with Crippen molar-refractivity contribution in [2.24, 2.45) is 0 Å². The molecule has 2 rings (SSSR count). The highest BCUT2D eigenvalue weighted by Crippen LogP contribution is 2.11. The normalized spacial score (nSPS) is 10.3. The summed E-state index contributed by atoms with van der Waals surface area (Å²) in [6.45, 7) is 4.24. The topological polar surface area (TPSA) is 79.1 Å². The summed E-state index contributed by atoms with van der Waals surface area (Å²) < 4.78 is 11.6. The van der Waals surface area contributed by atoms with Crippen molar-refractivity contribution in [3.8, 4) is 5.88 Å². The summed E-state index contributed by atoms with van der Waals surface area (Å²) in [5.74, 6) is 0.0701. The third-order valence-corrected chi connectivity index (χ3v) is 2.75. The summed E-state index contributed by atoms with van der Waals surface area (Å²) >= 11 is 0. The Morgan fingerprint density at radius 1 is 1.40 bits per heavy atom. The standard InChI is InChI=1S/C13H16N4O3/c1-4-20-13(18)12-9(2)17(16-15-12)8-10-6-5-7-11(14-10)19-3/h5-7H,4,8H2,1-3H3. The van der Waals surface area contributed by atoms with E-state index in [1.807, 2.05) is 12.1 Å². The van der Waals surface area contributed by atoms with Gasteiger partial charge in [0.05, 0.1) is 31.6 Å². The van der Waals surface area contributed by atoms with E-state index in [9.17, 15) is 4.79 Å². The first kappa shape index (κ1) is 14.0. The van der Waals surface area contributed by atoms with Gasteiger partial charge in [-0.05, 0) is 19.9 Å². The molecule has 7 nitrogen and oxygen atoms in total. The zero-order valence-electron chi connectivity index (χ0n) is 11.7. The molecule has 20 heavy (non-hydrogen) atoms. The van der Waals surface area contributed by atoms with E-state index in [-0.39, 0.29) is 5.69 Å². The van der Waals surface area contributed by atoms with Gasteiger partial charge in [-0.25, -0.2) is 14.5 Å². The third-order valence-electron chi connectivity index (χ3n) is 2.75. The van der Waals surface area contributed by atoms with Gasteiger partial charge in [0.15, 0.2) is 5.69 Å². The van der Waals surface area contributed by atoms with Gasteiger partial charge in [-0.3, -0.25) is 0 Å². The van der Waals surface area contributed by atoms with Gasteiger partial charge < -0.3 is 9.47 Å². The van der Waals surface area contributed by atoms with Crippen LogP contribution in [0.4, 0.5) is 0 Å². The number of carbonyl (C=O) groups is 1. The molecule has 2 aromatic heterocycles. The van der Waals surface area contributed by atoms with E-state index in [1.54, 1.807) is 31.7 Å². The van der Waals surface area contributed by atoms with Crippen LogP contribution in [-0.4, -0.2) is 39.7 Å². The molecular formula is C13H16N4O3. The first-order chi connectivity index (χ1) is 9.65. The molecule has 0 radical (unpaired) electrons. The molecule has 0 amide bonds. The van der Waals surface area contributed by atoms with Crippen molar-refractivity contribution in [2.45, 2.75) is 20.4 Å². The van der Waals surface area contributed by atoms with Crippen LogP contribution in [0, 0.1) is 6.92 Å². The molecule has 7 heteroatoms. The molecule has 0 aromatic carbocycles. The van der Waals surface area contributed by atoms with Gasteiger partial charge in [0.2, 0.25) is 5.88 Å². The Morgan fingerprint density at radius 3 is 2.90 bits per heavy atom. The van der Waals surface area contributed by atoms with Crippen LogP contribution in [0.15, 0.2) is 18.2 Å². The second kappa shape index (κ2) is 6.14. The van der Waals surface area contributed by atoms with Gasteiger partial charge in [0, 0.05) is 6.07 Å². The Hall–Kier alpha value is -2.44. The van der Waals surface area contributed by atoms with E-state index in [1.165, 1.54) is 0 Å². The molecule has 0 aliphatic rings. The van der Waals surface area contributed by atoms with Crippen molar-refractivity contribution in [1.29, 1.82) is 0 Å². The average molecular weight is 276 g/mol. The van der Waals surface area contributed by atoms with E-state index < -0.39 is 5.97 Å². The van der Waals surface area contributed by atoms with E-state index >= 15 is 0 Å². The number of esters is 1. The van der Waals surface area contributed by atoms with Gasteiger partial charge in [-0.15, -0.1) is 5.10 Å². The molecule has 0 N–H and O–H groups in total. The van der Waals surface area contributed by atoms with Crippen LogP contribution >= 0.6 is 0 Å². The second-order valence-corrected chi connectivity index (χ2v) is 4.07. The van der Waals surface area contributed by atoms with Crippen LogP contribution in [0.1, 0.15) is 28.8 Å². The van der Waals surface area contributed by atoms with Crippen LogP contribution < -0.4 is 4.74 Å². The second-order valence-electron chi connectivity index (χ2n) is 4.07. The summed E-state index contributed by atoms with van der Waals surface area (Å²) in [5.41, 5.74) is 1.65. The maximum absolute atomic E-state index is 11.7. The molecule has 0 aliphatic carbocycles.